The number of carbonyl (C=O) groups is 1. The first-order chi connectivity index (χ1) is 14.5. The highest BCUT2D eigenvalue weighted by molar-refractivity contribution is 7.10. The highest BCUT2D eigenvalue weighted by Gasteiger charge is 2.33. The molecule has 0 aromatic carbocycles. The van der Waals surface area contributed by atoms with Crippen LogP contribution in [0, 0.1) is 0 Å². The van der Waals surface area contributed by atoms with E-state index >= 15 is 0 Å². The van der Waals surface area contributed by atoms with Gasteiger partial charge in [-0.3, -0.25) is 18.7 Å². The van der Waals surface area contributed by atoms with Crippen LogP contribution in [0.15, 0.2) is 44.9 Å². The fourth-order valence-corrected chi connectivity index (χ4v) is 5.85. The van der Waals surface area contributed by atoms with Crippen molar-refractivity contribution in [2.45, 2.75) is 19.0 Å². The molecule has 4 aromatic rings. The molecular formula is C20H19N5O3S2. The van der Waals surface area contributed by atoms with Crippen molar-refractivity contribution in [2.24, 2.45) is 14.1 Å². The summed E-state index contributed by atoms with van der Waals surface area (Å²) in [6.45, 7) is 0.614. The first-order valence-corrected chi connectivity index (χ1v) is 11.2. The van der Waals surface area contributed by atoms with E-state index in [9.17, 15) is 14.4 Å². The van der Waals surface area contributed by atoms with Gasteiger partial charge in [0, 0.05) is 30.4 Å². The molecule has 0 N–H and O–H groups in total. The lowest BCUT2D eigenvalue weighted by atomic mass is 9.98. The van der Waals surface area contributed by atoms with Gasteiger partial charge in [0.1, 0.15) is 6.54 Å². The van der Waals surface area contributed by atoms with E-state index < -0.39 is 11.2 Å². The molecule has 5 rings (SSSR count). The Morgan fingerprint density at radius 3 is 2.77 bits per heavy atom. The molecular weight excluding hydrogens is 422 g/mol. The van der Waals surface area contributed by atoms with Crippen LogP contribution in [0.4, 0.5) is 0 Å². The largest absolute Gasteiger partial charge is 0.332 e. The Hall–Kier alpha value is -2.98. The lowest BCUT2D eigenvalue weighted by molar-refractivity contribution is -0.133. The zero-order valence-electron chi connectivity index (χ0n) is 16.4. The Morgan fingerprint density at radius 1 is 1.17 bits per heavy atom. The van der Waals surface area contributed by atoms with E-state index in [0.29, 0.717) is 6.54 Å². The van der Waals surface area contributed by atoms with Crippen LogP contribution in [0.2, 0.25) is 0 Å². The predicted molar refractivity (Wildman–Crippen MR) is 116 cm³/mol. The van der Waals surface area contributed by atoms with Gasteiger partial charge in [0.05, 0.1) is 12.4 Å². The molecule has 0 aliphatic carbocycles. The molecule has 1 unspecified atom stereocenters. The molecule has 0 saturated carbocycles. The number of hydrogen-bond donors (Lipinski definition) is 0. The molecule has 30 heavy (non-hydrogen) atoms. The second kappa shape index (κ2) is 7.06. The summed E-state index contributed by atoms with van der Waals surface area (Å²) < 4.78 is 3.91. The maximum atomic E-state index is 13.4. The molecule has 0 radical (unpaired) electrons. The van der Waals surface area contributed by atoms with Gasteiger partial charge in [0.25, 0.3) is 5.56 Å². The number of fused-ring (bicyclic) bond motifs is 2. The van der Waals surface area contributed by atoms with Crippen molar-refractivity contribution in [2.75, 3.05) is 6.54 Å². The first kappa shape index (κ1) is 19.0. The topological polar surface area (TPSA) is 82.1 Å². The number of hydrogen-bond acceptors (Lipinski definition) is 6. The number of nitrogens with zero attached hydrogens (tertiary/aromatic N) is 5. The number of carbonyl (C=O) groups excluding carboxylic acids is 1. The molecule has 1 aliphatic rings. The van der Waals surface area contributed by atoms with Crippen LogP contribution in [0.3, 0.4) is 0 Å². The lowest BCUT2D eigenvalue weighted by Gasteiger charge is -2.35. The van der Waals surface area contributed by atoms with Crippen LogP contribution < -0.4 is 11.2 Å². The molecule has 10 heteroatoms. The Labute approximate surface area is 179 Å². The van der Waals surface area contributed by atoms with Gasteiger partial charge in [0.2, 0.25) is 5.91 Å². The van der Waals surface area contributed by atoms with Crippen LogP contribution >= 0.6 is 22.7 Å². The van der Waals surface area contributed by atoms with Gasteiger partial charge in [0.15, 0.2) is 11.2 Å². The summed E-state index contributed by atoms with van der Waals surface area (Å²) in [5, 5.41) is 4.10. The van der Waals surface area contributed by atoms with Gasteiger partial charge in [-0.15, -0.1) is 22.7 Å². The van der Waals surface area contributed by atoms with E-state index in [2.05, 4.69) is 22.5 Å². The summed E-state index contributed by atoms with van der Waals surface area (Å²) >= 11 is 3.37. The predicted octanol–water partition coefficient (Wildman–Crippen LogP) is 1.73. The Balaban J connectivity index is 1.54. The highest BCUT2D eigenvalue weighted by Crippen LogP contribution is 2.39. The molecule has 5 heterocycles. The number of amides is 1. The lowest BCUT2D eigenvalue weighted by Crippen LogP contribution is -2.42. The Bertz CT molecular complexity index is 1380. The van der Waals surface area contributed by atoms with Gasteiger partial charge in [-0.25, -0.2) is 9.78 Å². The summed E-state index contributed by atoms with van der Waals surface area (Å²) in [5.74, 6) is -0.0829. The summed E-state index contributed by atoms with van der Waals surface area (Å²) in [4.78, 5) is 46.8. The van der Waals surface area contributed by atoms with Gasteiger partial charge >= 0.3 is 5.69 Å². The van der Waals surface area contributed by atoms with Crippen LogP contribution in [-0.2, 0) is 31.9 Å². The maximum Gasteiger partial charge on any atom is 0.332 e. The van der Waals surface area contributed by atoms with Crippen molar-refractivity contribution >= 4 is 39.7 Å². The number of rotatable bonds is 3. The van der Waals surface area contributed by atoms with E-state index in [0.717, 1.165) is 15.9 Å². The van der Waals surface area contributed by atoms with E-state index in [4.69, 9.17) is 0 Å². The minimum Gasteiger partial charge on any atom is -0.329 e. The molecule has 8 nitrogen and oxygen atoms in total. The normalized spacial score (nSPS) is 16.2. The zero-order valence-corrected chi connectivity index (χ0v) is 18.1. The van der Waals surface area contributed by atoms with Crippen molar-refractivity contribution in [3.05, 3.63) is 71.4 Å². The third-order valence-electron chi connectivity index (χ3n) is 5.62. The second-order valence-corrected chi connectivity index (χ2v) is 9.28. The number of aryl methyl sites for hydroxylation is 1. The number of aromatic nitrogens is 4. The quantitative estimate of drug-likeness (QED) is 0.485. The van der Waals surface area contributed by atoms with E-state index in [1.807, 2.05) is 16.3 Å². The molecule has 0 spiro atoms. The molecule has 4 aromatic heterocycles. The minimum atomic E-state index is -0.452. The molecule has 1 aliphatic heterocycles. The van der Waals surface area contributed by atoms with Gasteiger partial charge in [-0.2, -0.15) is 0 Å². The molecule has 0 saturated heterocycles. The van der Waals surface area contributed by atoms with Gasteiger partial charge in [-0.05, 0) is 34.9 Å². The molecule has 0 bridgehead atoms. The van der Waals surface area contributed by atoms with Crippen LogP contribution in [0.1, 0.15) is 21.4 Å². The number of imidazole rings is 1. The fraction of sp³-hybridized carbons (Fsp3) is 0.300. The summed E-state index contributed by atoms with van der Waals surface area (Å²) in [7, 11) is 3.00. The summed E-state index contributed by atoms with van der Waals surface area (Å²) in [5.41, 5.74) is 0.823. The SMILES string of the molecule is Cn1c(=O)c2c(ncn2CC(=O)N2CCc3sccc3C2c2cccs2)n(C)c1=O. The third kappa shape index (κ3) is 2.78. The molecule has 1 atom stereocenters. The van der Waals surface area contributed by atoms with Crippen LogP contribution in [0.5, 0.6) is 0 Å². The standard InChI is InChI=1S/C20H19N5O3S2/c1-22-18-17(19(27)23(2)20(22)28)24(11-21-18)10-15(26)25-7-5-13-12(6-9-30-13)16(25)14-4-3-8-29-14/h3-4,6,8-9,11,16H,5,7,10H2,1-2H3. The monoisotopic (exact) mass is 441 g/mol. The Morgan fingerprint density at radius 2 is 2.00 bits per heavy atom. The minimum absolute atomic E-state index is 0.00864. The van der Waals surface area contributed by atoms with Crippen molar-refractivity contribution < 1.29 is 4.79 Å². The van der Waals surface area contributed by atoms with Crippen LogP contribution in [-0.4, -0.2) is 36.0 Å². The van der Waals surface area contributed by atoms with E-state index in [1.165, 1.54) is 28.4 Å². The zero-order chi connectivity index (χ0) is 21.0. The third-order valence-corrected chi connectivity index (χ3v) is 7.54. The molecule has 1 amide bonds. The molecule has 0 fully saturated rings. The summed E-state index contributed by atoms with van der Waals surface area (Å²) in [6.07, 6.45) is 2.28. The fourth-order valence-electron chi connectivity index (χ4n) is 4.09. The molecule has 154 valence electrons. The van der Waals surface area contributed by atoms with Crippen molar-refractivity contribution in [1.29, 1.82) is 0 Å². The summed E-state index contributed by atoms with van der Waals surface area (Å²) in [6, 6.07) is 6.04. The maximum absolute atomic E-state index is 13.4. The van der Waals surface area contributed by atoms with Crippen molar-refractivity contribution in [1.82, 2.24) is 23.6 Å². The van der Waals surface area contributed by atoms with Crippen molar-refractivity contribution in [3.8, 4) is 0 Å². The first-order valence-electron chi connectivity index (χ1n) is 9.47. The number of thiophene rings is 2. The average Bonchev–Trinajstić information content (AvgIpc) is 3.50. The average molecular weight is 442 g/mol. The van der Waals surface area contributed by atoms with Gasteiger partial charge < -0.3 is 9.47 Å². The smallest absolute Gasteiger partial charge is 0.329 e. The second-order valence-electron chi connectivity index (χ2n) is 7.30. The highest BCUT2D eigenvalue weighted by atomic mass is 32.1. The van der Waals surface area contributed by atoms with Crippen molar-refractivity contribution in [3.63, 3.8) is 0 Å². The van der Waals surface area contributed by atoms with E-state index in [-0.39, 0.29) is 29.7 Å². The van der Waals surface area contributed by atoms with Gasteiger partial charge in [-0.1, -0.05) is 6.07 Å². The van der Waals surface area contributed by atoms with E-state index in [1.54, 1.807) is 34.3 Å². The van der Waals surface area contributed by atoms with Crippen LogP contribution in [0.25, 0.3) is 11.2 Å². The Kier molecular flexibility index (Phi) is 4.48.